The highest BCUT2D eigenvalue weighted by molar-refractivity contribution is 7.87. The monoisotopic (exact) mass is 510 g/mol. The molecule has 0 bridgehead atoms. The number of hydrogen-bond donors (Lipinski definition) is 0. The van der Waals surface area contributed by atoms with Gasteiger partial charge in [-0.15, -0.1) is 0 Å². The van der Waals surface area contributed by atoms with Gasteiger partial charge in [-0.2, -0.15) is 8.42 Å². The number of non-ortho nitro benzene ring substituents is 1. The number of benzene rings is 3. The number of furan rings is 1. The lowest BCUT2D eigenvalue weighted by molar-refractivity contribution is -0.384. The number of hydrogen-bond acceptors (Lipinski definition) is 7. The van der Waals surface area contributed by atoms with Crippen LogP contribution in [0.4, 0.5) is 10.1 Å². The molecule has 0 radical (unpaired) electrons. The molecule has 0 unspecified atom stereocenters. The summed E-state index contributed by atoms with van der Waals surface area (Å²) in [6.45, 7) is 0.159. The molecular weight excluding hydrogens is 491 g/mol. The molecule has 0 aliphatic carbocycles. The van der Waals surface area contributed by atoms with Crippen molar-refractivity contribution in [2.24, 2.45) is 0 Å². The molecule has 184 valence electrons. The topological polar surface area (TPSA) is 120 Å². The second kappa shape index (κ2) is 10.4. The first-order chi connectivity index (χ1) is 17.2. The molecule has 0 saturated carbocycles. The Balaban J connectivity index is 1.57. The number of halogens is 1. The molecule has 1 heterocycles. The minimum absolute atomic E-state index is 0.0116. The van der Waals surface area contributed by atoms with Crippen molar-refractivity contribution in [2.75, 3.05) is 0 Å². The minimum Gasteiger partial charge on any atom is -0.467 e. The van der Waals surface area contributed by atoms with Gasteiger partial charge in [0.1, 0.15) is 22.2 Å². The Morgan fingerprint density at radius 3 is 2.33 bits per heavy atom. The van der Waals surface area contributed by atoms with E-state index in [0.717, 1.165) is 24.3 Å². The minimum atomic E-state index is -4.20. The average molecular weight is 510 g/mol. The molecular formula is C25H19FN2O7S. The number of rotatable bonds is 9. The number of amides is 1. The number of carbonyl (C=O) groups excluding carboxylic acids is 1. The van der Waals surface area contributed by atoms with E-state index in [4.69, 9.17) is 8.60 Å². The zero-order chi connectivity index (χ0) is 25.7. The predicted octanol–water partition coefficient (Wildman–Crippen LogP) is 4.94. The second-order valence-corrected chi connectivity index (χ2v) is 9.23. The molecule has 1 amide bonds. The molecule has 0 N–H and O–H groups in total. The highest BCUT2D eigenvalue weighted by Gasteiger charge is 2.21. The first-order valence-corrected chi connectivity index (χ1v) is 12.0. The van der Waals surface area contributed by atoms with Gasteiger partial charge in [0.2, 0.25) is 0 Å². The maximum atomic E-state index is 13.2. The number of nitrogens with zero attached hydrogens (tertiary/aromatic N) is 2. The van der Waals surface area contributed by atoms with Crippen LogP contribution in [0.25, 0.3) is 0 Å². The smallest absolute Gasteiger partial charge is 0.339 e. The highest BCUT2D eigenvalue weighted by atomic mass is 32.2. The van der Waals surface area contributed by atoms with Crippen molar-refractivity contribution in [1.29, 1.82) is 0 Å². The van der Waals surface area contributed by atoms with Gasteiger partial charge in [-0.25, -0.2) is 4.39 Å². The van der Waals surface area contributed by atoms with E-state index in [-0.39, 0.29) is 35.0 Å². The molecule has 4 aromatic rings. The molecule has 3 aromatic carbocycles. The van der Waals surface area contributed by atoms with Gasteiger partial charge >= 0.3 is 10.1 Å². The lowest BCUT2D eigenvalue weighted by Gasteiger charge is -2.22. The van der Waals surface area contributed by atoms with Crippen molar-refractivity contribution >= 4 is 21.7 Å². The third-order valence-corrected chi connectivity index (χ3v) is 6.38. The summed E-state index contributed by atoms with van der Waals surface area (Å²) in [5.74, 6) is -0.467. The Bertz CT molecular complexity index is 1470. The predicted molar refractivity (Wildman–Crippen MR) is 126 cm³/mol. The van der Waals surface area contributed by atoms with Gasteiger partial charge in [-0.1, -0.05) is 12.1 Å². The van der Waals surface area contributed by atoms with Crippen LogP contribution in [0.3, 0.4) is 0 Å². The van der Waals surface area contributed by atoms with Crippen LogP contribution in [-0.4, -0.2) is 24.1 Å². The van der Waals surface area contributed by atoms with E-state index in [9.17, 15) is 27.7 Å². The van der Waals surface area contributed by atoms with E-state index in [1.165, 1.54) is 47.6 Å². The van der Waals surface area contributed by atoms with Crippen LogP contribution >= 0.6 is 0 Å². The number of nitro groups is 1. The van der Waals surface area contributed by atoms with Crippen molar-refractivity contribution in [2.45, 2.75) is 18.0 Å². The maximum Gasteiger partial charge on any atom is 0.339 e. The summed E-state index contributed by atoms with van der Waals surface area (Å²) in [5.41, 5.74) is 0.651. The van der Waals surface area contributed by atoms with Gasteiger partial charge in [0, 0.05) is 24.2 Å². The summed E-state index contributed by atoms with van der Waals surface area (Å²) >= 11 is 0. The molecule has 0 aliphatic rings. The zero-order valence-electron chi connectivity index (χ0n) is 18.6. The normalized spacial score (nSPS) is 11.1. The standard InChI is InChI=1S/C25H19FN2O7S/c26-20-8-12-24(13-9-20)36(32,33)35-22-4-1-3-18(15-22)16-27(17-23-5-2-14-34-23)25(29)19-6-10-21(11-7-19)28(30)31/h1-15H,16-17H2. The molecule has 0 atom stereocenters. The summed E-state index contributed by atoms with van der Waals surface area (Å²) in [7, 11) is -4.20. The van der Waals surface area contributed by atoms with E-state index >= 15 is 0 Å². The quantitative estimate of drug-likeness (QED) is 0.178. The van der Waals surface area contributed by atoms with Crippen LogP contribution in [0.15, 0.2) is 101 Å². The molecule has 4 rings (SSSR count). The van der Waals surface area contributed by atoms with Crippen molar-refractivity contribution in [3.8, 4) is 5.75 Å². The van der Waals surface area contributed by atoms with Gasteiger partial charge in [-0.05, 0) is 66.2 Å². The van der Waals surface area contributed by atoms with Crippen LogP contribution in [0, 0.1) is 15.9 Å². The maximum absolute atomic E-state index is 13.2. The fourth-order valence-corrected chi connectivity index (χ4v) is 4.31. The zero-order valence-corrected chi connectivity index (χ0v) is 19.4. The summed E-state index contributed by atoms with van der Waals surface area (Å²) in [6, 6.07) is 19.0. The largest absolute Gasteiger partial charge is 0.467 e. The Morgan fingerprint density at radius 2 is 1.69 bits per heavy atom. The van der Waals surface area contributed by atoms with Crippen molar-refractivity contribution in [3.63, 3.8) is 0 Å². The molecule has 9 nitrogen and oxygen atoms in total. The van der Waals surface area contributed by atoms with E-state index < -0.39 is 26.8 Å². The first-order valence-electron chi connectivity index (χ1n) is 10.6. The average Bonchev–Trinajstić information content (AvgIpc) is 3.37. The Labute approximate surface area is 205 Å². The van der Waals surface area contributed by atoms with Crippen molar-refractivity contribution in [3.05, 3.63) is 124 Å². The molecule has 0 spiro atoms. The molecule has 0 aliphatic heterocycles. The molecule has 36 heavy (non-hydrogen) atoms. The highest BCUT2D eigenvalue weighted by Crippen LogP contribution is 2.23. The van der Waals surface area contributed by atoms with Crippen LogP contribution in [0.2, 0.25) is 0 Å². The van der Waals surface area contributed by atoms with Crippen LogP contribution in [-0.2, 0) is 23.2 Å². The Morgan fingerprint density at radius 1 is 0.972 bits per heavy atom. The SMILES string of the molecule is O=C(c1ccc([N+](=O)[O-])cc1)N(Cc1cccc(OS(=O)(=O)c2ccc(F)cc2)c1)Cc1ccco1. The van der Waals surface area contributed by atoms with Crippen molar-refractivity contribution < 1.29 is 31.1 Å². The van der Waals surface area contributed by atoms with Crippen molar-refractivity contribution in [1.82, 2.24) is 4.90 Å². The van der Waals surface area contributed by atoms with Gasteiger partial charge in [0.05, 0.1) is 17.7 Å². The van der Waals surface area contributed by atoms with E-state index in [2.05, 4.69) is 0 Å². The summed E-state index contributed by atoms with van der Waals surface area (Å²) in [6.07, 6.45) is 1.47. The van der Waals surface area contributed by atoms with E-state index in [0.29, 0.717) is 11.3 Å². The fraction of sp³-hybridized carbons (Fsp3) is 0.0800. The van der Waals surface area contributed by atoms with E-state index in [1.807, 2.05) is 0 Å². The lowest BCUT2D eigenvalue weighted by Crippen LogP contribution is -2.30. The van der Waals surface area contributed by atoms with Gasteiger partial charge < -0.3 is 13.5 Å². The molecule has 0 fully saturated rings. The van der Waals surface area contributed by atoms with Gasteiger partial charge in [-0.3, -0.25) is 14.9 Å². The summed E-state index contributed by atoms with van der Waals surface area (Å²) < 4.78 is 48.8. The fourth-order valence-electron chi connectivity index (χ4n) is 3.39. The van der Waals surface area contributed by atoms with Gasteiger partial charge in [0.25, 0.3) is 11.6 Å². The Kier molecular flexibility index (Phi) is 7.11. The number of carbonyl (C=O) groups is 1. The lowest BCUT2D eigenvalue weighted by atomic mass is 10.1. The third-order valence-electron chi connectivity index (χ3n) is 5.12. The molecule has 0 saturated heterocycles. The first kappa shape index (κ1) is 24.6. The van der Waals surface area contributed by atoms with Crippen LogP contribution < -0.4 is 4.18 Å². The summed E-state index contributed by atoms with van der Waals surface area (Å²) in [4.78, 5) is 24.9. The van der Waals surface area contributed by atoms with Crippen LogP contribution in [0.5, 0.6) is 5.75 Å². The summed E-state index contributed by atoms with van der Waals surface area (Å²) in [5, 5.41) is 10.9. The third kappa shape index (κ3) is 5.94. The second-order valence-electron chi connectivity index (χ2n) is 7.68. The molecule has 11 heteroatoms. The Hall–Kier alpha value is -4.51. The van der Waals surface area contributed by atoms with Gasteiger partial charge in [0.15, 0.2) is 0 Å². The van der Waals surface area contributed by atoms with Crippen LogP contribution in [0.1, 0.15) is 21.7 Å². The molecule has 1 aromatic heterocycles. The van der Waals surface area contributed by atoms with E-state index in [1.54, 1.807) is 24.3 Å². The number of nitro benzene ring substituents is 1.